The zero-order valence-corrected chi connectivity index (χ0v) is 11.7. The molecule has 0 unspecified atom stereocenters. The monoisotopic (exact) mass is 280 g/mol. The molecule has 1 saturated heterocycles. The molecule has 110 valence electrons. The van der Waals surface area contributed by atoms with Crippen LogP contribution in [0.1, 0.15) is 16.9 Å². The molecule has 0 atom stereocenters. The Kier molecular flexibility index (Phi) is 5.69. The van der Waals surface area contributed by atoms with Gasteiger partial charge in [-0.25, -0.2) is 0 Å². The number of anilines is 1. The Morgan fingerprint density at radius 3 is 2.85 bits per heavy atom. The van der Waals surface area contributed by atoms with E-state index in [1.807, 2.05) is 6.07 Å². The van der Waals surface area contributed by atoms with Crippen molar-refractivity contribution in [2.45, 2.75) is 6.42 Å². The molecule has 0 aliphatic carbocycles. The second kappa shape index (κ2) is 7.76. The lowest BCUT2D eigenvalue weighted by Gasteiger charge is -2.27. The Morgan fingerprint density at radius 1 is 1.40 bits per heavy atom. The predicted molar refractivity (Wildman–Crippen MR) is 73.9 cm³/mol. The average Bonchev–Trinajstić information content (AvgIpc) is 2.52. The van der Waals surface area contributed by atoms with Crippen LogP contribution in [-0.2, 0) is 9.47 Å². The van der Waals surface area contributed by atoms with Gasteiger partial charge in [0.25, 0.3) is 5.91 Å². The predicted octanol–water partition coefficient (Wildman–Crippen LogP) is 0.0795. The van der Waals surface area contributed by atoms with Gasteiger partial charge in [-0.1, -0.05) is 0 Å². The highest BCUT2D eigenvalue weighted by molar-refractivity contribution is 5.92. The van der Waals surface area contributed by atoms with E-state index in [0.717, 1.165) is 25.3 Å². The third-order valence-corrected chi connectivity index (χ3v) is 3.03. The molecule has 0 saturated carbocycles. The Morgan fingerprint density at radius 2 is 2.20 bits per heavy atom. The highest BCUT2D eigenvalue weighted by Crippen LogP contribution is 2.11. The zero-order valence-electron chi connectivity index (χ0n) is 11.7. The number of nitrogens with one attached hydrogen (secondary N) is 1. The molecule has 1 amide bonds. The van der Waals surface area contributed by atoms with Gasteiger partial charge in [-0.15, -0.1) is 10.2 Å². The van der Waals surface area contributed by atoms with Crippen molar-refractivity contribution in [1.82, 2.24) is 15.5 Å². The van der Waals surface area contributed by atoms with Gasteiger partial charge in [0.1, 0.15) is 0 Å². The molecule has 7 heteroatoms. The third kappa shape index (κ3) is 4.14. The summed E-state index contributed by atoms with van der Waals surface area (Å²) in [4.78, 5) is 13.9. The number of methoxy groups -OCH3 is 1. The number of nitrogens with zero attached hydrogens (tertiary/aromatic N) is 3. The normalized spacial score (nSPS) is 15.2. The molecule has 1 aromatic rings. The van der Waals surface area contributed by atoms with Crippen molar-refractivity contribution < 1.29 is 14.3 Å². The van der Waals surface area contributed by atoms with Gasteiger partial charge in [0, 0.05) is 33.4 Å². The maximum Gasteiger partial charge on any atom is 0.271 e. The molecule has 1 aromatic heterocycles. The number of carbonyl (C=O) groups is 1. The summed E-state index contributed by atoms with van der Waals surface area (Å²) < 4.78 is 10.2. The maximum atomic E-state index is 11.8. The largest absolute Gasteiger partial charge is 0.385 e. The number of hydrogen-bond donors (Lipinski definition) is 1. The van der Waals surface area contributed by atoms with E-state index < -0.39 is 0 Å². The molecule has 0 bridgehead atoms. The first-order chi connectivity index (χ1) is 9.81. The SMILES string of the molecule is COCCCNC(=O)c1ccc(N2CCOCC2)nn1. The molecule has 1 aliphatic heterocycles. The van der Waals surface area contributed by atoms with E-state index in [1.165, 1.54) is 0 Å². The van der Waals surface area contributed by atoms with Crippen LogP contribution < -0.4 is 10.2 Å². The number of amides is 1. The molecule has 2 heterocycles. The molecule has 2 rings (SSSR count). The second-order valence-corrected chi connectivity index (χ2v) is 4.48. The van der Waals surface area contributed by atoms with Gasteiger partial charge in [0.05, 0.1) is 13.2 Å². The lowest BCUT2D eigenvalue weighted by molar-refractivity contribution is 0.0942. The van der Waals surface area contributed by atoms with E-state index in [-0.39, 0.29) is 5.91 Å². The summed E-state index contributed by atoms with van der Waals surface area (Å²) in [6.07, 6.45) is 0.779. The van der Waals surface area contributed by atoms with Crippen molar-refractivity contribution in [3.63, 3.8) is 0 Å². The molecule has 1 N–H and O–H groups in total. The summed E-state index contributed by atoms with van der Waals surface area (Å²) in [7, 11) is 1.64. The molecular weight excluding hydrogens is 260 g/mol. The summed E-state index contributed by atoms with van der Waals surface area (Å²) >= 11 is 0. The van der Waals surface area contributed by atoms with Gasteiger partial charge in [0.2, 0.25) is 0 Å². The number of carbonyl (C=O) groups excluding carboxylic acids is 1. The molecule has 0 radical (unpaired) electrons. The average molecular weight is 280 g/mol. The molecular formula is C13H20N4O3. The van der Waals surface area contributed by atoms with E-state index >= 15 is 0 Å². The second-order valence-electron chi connectivity index (χ2n) is 4.48. The summed E-state index contributed by atoms with van der Waals surface area (Å²) in [6.45, 7) is 4.20. The summed E-state index contributed by atoms with van der Waals surface area (Å²) in [5.74, 6) is 0.575. The van der Waals surface area contributed by atoms with Crippen molar-refractivity contribution in [2.75, 3.05) is 51.5 Å². The van der Waals surface area contributed by atoms with Gasteiger partial charge in [-0.2, -0.15) is 0 Å². The van der Waals surface area contributed by atoms with Gasteiger partial charge >= 0.3 is 0 Å². The first-order valence-electron chi connectivity index (χ1n) is 6.75. The Labute approximate surface area is 118 Å². The molecule has 1 aliphatic rings. The summed E-state index contributed by atoms with van der Waals surface area (Å²) in [5.41, 5.74) is 0.333. The minimum atomic E-state index is -0.206. The standard InChI is InChI=1S/C13H20N4O3/c1-19-8-2-5-14-13(18)11-3-4-12(16-15-11)17-6-9-20-10-7-17/h3-4H,2,5-10H2,1H3,(H,14,18). The molecule has 1 fully saturated rings. The number of hydrogen-bond acceptors (Lipinski definition) is 6. The minimum absolute atomic E-state index is 0.206. The molecule has 20 heavy (non-hydrogen) atoms. The lowest BCUT2D eigenvalue weighted by Crippen LogP contribution is -2.37. The van der Waals surface area contributed by atoms with Crippen molar-refractivity contribution in [3.8, 4) is 0 Å². The summed E-state index contributed by atoms with van der Waals surface area (Å²) in [5, 5.41) is 10.9. The van der Waals surface area contributed by atoms with E-state index in [0.29, 0.717) is 32.1 Å². The highest BCUT2D eigenvalue weighted by Gasteiger charge is 2.14. The van der Waals surface area contributed by atoms with E-state index in [4.69, 9.17) is 9.47 Å². The zero-order chi connectivity index (χ0) is 14.2. The van der Waals surface area contributed by atoms with Crippen LogP contribution in [0.3, 0.4) is 0 Å². The van der Waals surface area contributed by atoms with Crippen molar-refractivity contribution in [2.24, 2.45) is 0 Å². The Balaban J connectivity index is 1.85. The smallest absolute Gasteiger partial charge is 0.271 e. The van der Waals surface area contributed by atoms with Crippen molar-refractivity contribution in [3.05, 3.63) is 17.8 Å². The van der Waals surface area contributed by atoms with E-state index in [2.05, 4.69) is 20.4 Å². The number of rotatable bonds is 6. The first kappa shape index (κ1) is 14.7. The van der Waals surface area contributed by atoms with Crippen LogP contribution in [0.25, 0.3) is 0 Å². The van der Waals surface area contributed by atoms with Crippen LogP contribution in [0.4, 0.5) is 5.82 Å². The van der Waals surface area contributed by atoms with Crippen LogP contribution in [0.15, 0.2) is 12.1 Å². The Hall–Kier alpha value is -1.73. The summed E-state index contributed by atoms with van der Waals surface area (Å²) in [6, 6.07) is 3.52. The minimum Gasteiger partial charge on any atom is -0.385 e. The molecule has 0 spiro atoms. The fourth-order valence-corrected chi connectivity index (χ4v) is 1.92. The third-order valence-electron chi connectivity index (χ3n) is 3.03. The number of aromatic nitrogens is 2. The van der Waals surface area contributed by atoms with E-state index in [1.54, 1.807) is 13.2 Å². The van der Waals surface area contributed by atoms with Crippen molar-refractivity contribution >= 4 is 11.7 Å². The molecule has 0 aromatic carbocycles. The van der Waals surface area contributed by atoms with Crippen LogP contribution in [0.2, 0.25) is 0 Å². The van der Waals surface area contributed by atoms with E-state index in [9.17, 15) is 4.79 Å². The Bertz CT molecular complexity index is 418. The van der Waals surface area contributed by atoms with Gasteiger partial charge in [-0.3, -0.25) is 4.79 Å². The van der Waals surface area contributed by atoms with Crippen LogP contribution in [0.5, 0.6) is 0 Å². The lowest BCUT2D eigenvalue weighted by atomic mass is 10.3. The van der Waals surface area contributed by atoms with Gasteiger partial charge in [-0.05, 0) is 18.6 Å². The fourth-order valence-electron chi connectivity index (χ4n) is 1.92. The van der Waals surface area contributed by atoms with Gasteiger partial charge in [0.15, 0.2) is 11.5 Å². The van der Waals surface area contributed by atoms with Crippen LogP contribution in [-0.4, -0.2) is 62.7 Å². The van der Waals surface area contributed by atoms with Crippen molar-refractivity contribution in [1.29, 1.82) is 0 Å². The van der Waals surface area contributed by atoms with Gasteiger partial charge < -0.3 is 19.7 Å². The fraction of sp³-hybridized carbons (Fsp3) is 0.615. The van der Waals surface area contributed by atoms with Crippen LogP contribution in [0, 0.1) is 0 Å². The first-order valence-corrected chi connectivity index (χ1v) is 6.75. The maximum absolute atomic E-state index is 11.8. The quantitative estimate of drug-likeness (QED) is 0.744. The van der Waals surface area contributed by atoms with Crippen LogP contribution >= 0.6 is 0 Å². The topological polar surface area (TPSA) is 76.6 Å². The number of ether oxygens (including phenoxy) is 2. The number of morpholine rings is 1. The molecule has 7 nitrogen and oxygen atoms in total. The highest BCUT2D eigenvalue weighted by atomic mass is 16.5.